The van der Waals surface area contributed by atoms with Crippen LogP contribution in [-0.2, 0) is 0 Å². The van der Waals surface area contributed by atoms with E-state index in [1.54, 1.807) is 23.0 Å². The molecule has 1 N–H and O–H groups in total. The van der Waals surface area contributed by atoms with Crippen molar-refractivity contribution in [2.45, 2.75) is 52.0 Å². The molecule has 1 unspecified atom stereocenters. The highest BCUT2D eigenvalue weighted by atomic mass is 19.1. The minimum absolute atomic E-state index is 0.0831. The van der Waals surface area contributed by atoms with Gasteiger partial charge < -0.3 is 5.32 Å². The van der Waals surface area contributed by atoms with Gasteiger partial charge in [0.2, 0.25) is 0 Å². The Bertz CT molecular complexity index is 717. The average molecular weight is 329 g/mol. The highest BCUT2D eigenvalue weighted by molar-refractivity contribution is 5.95. The summed E-state index contributed by atoms with van der Waals surface area (Å²) >= 11 is 0. The van der Waals surface area contributed by atoms with Crippen LogP contribution < -0.4 is 5.32 Å². The van der Waals surface area contributed by atoms with E-state index in [1.807, 2.05) is 13.8 Å². The number of amides is 1. The standard InChI is InChI=1S/C19H24FN3O/c1-12(2)18-17(19(24)22-13(3)10-14-4-5-14)11-21-23(18)16-8-6-15(20)7-9-16/h6-9,11-14H,4-5,10H2,1-3H3,(H,22,24). The van der Waals surface area contributed by atoms with Crippen LogP contribution in [0.5, 0.6) is 0 Å². The molecule has 1 amide bonds. The smallest absolute Gasteiger partial charge is 0.254 e. The van der Waals surface area contributed by atoms with Gasteiger partial charge in [0.1, 0.15) is 5.82 Å². The first-order valence-corrected chi connectivity index (χ1v) is 8.60. The fourth-order valence-corrected chi connectivity index (χ4v) is 3.09. The van der Waals surface area contributed by atoms with Crippen molar-refractivity contribution in [1.29, 1.82) is 0 Å². The Morgan fingerprint density at radius 3 is 2.54 bits per heavy atom. The van der Waals surface area contributed by atoms with Gasteiger partial charge in [0.15, 0.2) is 0 Å². The predicted octanol–water partition coefficient (Wildman–Crippen LogP) is 4.05. The summed E-state index contributed by atoms with van der Waals surface area (Å²) in [5.41, 5.74) is 2.19. The highest BCUT2D eigenvalue weighted by Crippen LogP contribution is 2.33. The molecular weight excluding hydrogens is 305 g/mol. The summed E-state index contributed by atoms with van der Waals surface area (Å²) in [4.78, 5) is 12.7. The number of carbonyl (C=O) groups excluding carboxylic acids is 1. The SMILES string of the molecule is CC(CC1CC1)NC(=O)c1cnn(-c2ccc(F)cc2)c1C(C)C. The summed E-state index contributed by atoms with van der Waals surface area (Å²) in [6.45, 7) is 6.11. The van der Waals surface area contributed by atoms with E-state index in [0.29, 0.717) is 5.56 Å². The van der Waals surface area contributed by atoms with Crippen LogP contribution in [0.2, 0.25) is 0 Å². The van der Waals surface area contributed by atoms with Gasteiger partial charge in [0.05, 0.1) is 23.1 Å². The van der Waals surface area contributed by atoms with Crippen LogP contribution in [0.3, 0.4) is 0 Å². The van der Waals surface area contributed by atoms with Crippen molar-refractivity contribution >= 4 is 5.91 Å². The molecule has 4 nitrogen and oxygen atoms in total. The Morgan fingerprint density at radius 1 is 1.29 bits per heavy atom. The van der Waals surface area contributed by atoms with Gasteiger partial charge in [-0.15, -0.1) is 0 Å². The molecule has 0 bridgehead atoms. The summed E-state index contributed by atoms with van der Waals surface area (Å²) in [5, 5.41) is 7.46. The zero-order valence-corrected chi connectivity index (χ0v) is 14.4. The van der Waals surface area contributed by atoms with Crippen LogP contribution in [0, 0.1) is 11.7 Å². The zero-order valence-electron chi connectivity index (χ0n) is 14.4. The lowest BCUT2D eigenvalue weighted by atomic mass is 10.0. The molecule has 5 heteroatoms. The topological polar surface area (TPSA) is 46.9 Å². The van der Waals surface area contributed by atoms with Gasteiger partial charge >= 0.3 is 0 Å². The number of benzene rings is 1. The number of hydrogen-bond donors (Lipinski definition) is 1. The Morgan fingerprint density at radius 2 is 1.96 bits per heavy atom. The third-order valence-corrected chi connectivity index (χ3v) is 4.43. The van der Waals surface area contributed by atoms with Crippen LogP contribution in [-0.4, -0.2) is 21.7 Å². The minimum Gasteiger partial charge on any atom is -0.349 e. The van der Waals surface area contributed by atoms with E-state index in [1.165, 1.54) is 25.0 Å². The van der Waals surface area contributed by atoms with Crippen LogP contribution >= 0.6 is 0 Å². The van der Waals surface area contributed by atoms with E-state index < -0.39 is 0 Å². The van der Waals surface area contributed by atoms with Crippen molar-refractivity contribution < 1.29 is 9.18 Å². The summed E-state index contributed by atoms with van der Waals surface area (Å²) in [6.07, 6.45) is 5.20. The van der Waals surface area contributed by atoms with Crippen molar-refractivity contribution in [2.75, 3.05) is 0 Å². The number of hydrogen-bond acceptors (Lipinski definition) is 2. The van der Waals surface area contributed by atoms with Crippen molar-refractivity contribution in [3.63, 3.8) is 0 Å². The van der Waals surface area contributed by atoms with Gasteiger partial charge in [-0.3, -0.25) is 4.79 Å². The number of nitrogens with zero attached hydrogens (tertiary/aromatic N) is 2. The second-order valence-corrected chi connectivity index (χ2v) is 7.04. The lowest BCUT2D eigenvalue weighted by molar-refractivity contribution is 0.0936. The molecule has 1 aromatic heterocycles. The Hall–Kier alpha value is -2.17. The molecule has 1 aliphatic rings. The van der Waals surface area contributed by atoms with E-state index in [9.17, 15) is 9.18 Å². The summed E-state index contributed by atoms with van der Waals surface area (Å²) in [6, 6.07) is 6.31. The van der Waals surface area contributed by atoms with Gasteiger partial charge in [0.25, 0.3) is 5.91 Å². The molecule has 2 aromatic rings. The van der Waals surface area contributed by atoms with E-state index >= 15 is 0 Å². The van der Waals surface area contributed by atoms with E-state index in [0.717, 1.165) is 23.7 Å². The van der Waals surface area contributed by atoms with Crippen LogP contribution in [0.1, 0.15) is 62.0 Å². The molecule has 0 radical (unpaired) electrons. The third kappa shape index (κ3) is 3.66. The second-order valence-electron chi connectivity index (χ2n) is 7.04. The second kappa shape index (κ2) is 6.75. The molecule has 3 rings (SSSR count). The van der Waals surface area contributed by atoms with Gasteiger partial charge in [-0.05, 0) is 49.4 Å². The Balaban J connectivity index is 1.85. The molecule has 128 valence electrons. The first-order chi connectivity index (χ1) is 11.5. The molecule has 1 heterocycles. The molecular formula is C19H24FN3O. The number of aromatic nitrogens is 2. The van der Waals surface area contributed by atoms with E-state index in [4.69, 9.17) is 0 Å². The first-order valence-electron chi connectivity index (χ1n) is 8.60. The monoisotopic (exact) mass is 329 g/mol. The lowest BCUT2D eigenvalue weighted by Gasteiger charge is -2.16. The molecule has 1 atom stereocenters. The number of rotatable bonds is 6. The number of halogens is 1. The lowest BCUT2D eigenvalue weighted by Crippen LogP contribution is -2.33. The maximum absolute atomic E-state index is 13.2. The predicted molar refractivity (Wildman–Crippen MR) is 91.9 cm³/mol. The number of carbonyl (C=O) groups is 1. The molecule has 1 saturated carbocycles. The van der Waals surface area contributed by atoms with Crippen LogP contribution in [0.25, 0.3) is 5.69 Å². The molecule has 24 heavy (non-hydrogen) atoms. The molecule has 1 fully saturated rings. The Kier molecular flexibility index (Phi) is 4.69. The van der Waals surface area contributed by atoms with Crippen molar-refractivity contribution in [3.05, 3.63) is 47.5 Å². The van der Waals surface area contributed by atoms with Crippen molar-refractivity contribution in [3.8, 4) is 5.69 Å². The maximum atomic E-state index is 13.2. The fourth-order valence-electron chi connectivity index (χ4n) is 3.09. The molecule has 0 saturated heterocycles. The van der Waals surface area contributed by atoms with Gasteiger partial charge in [-0.1, -0.05) is 26.7 Å². The third-order valence-electron chi connectivity index (χ3n) is 4.43. The van der Waals surface area contributed by atoms with Crippen LogP contribution in [0.15, 0.2) is 30.5 Å². The normalized spacial score (nSPS) is 15.5. The zero-order chi connectivity index (χ0) is 17.3. The average Bonchev–Trinajstić information content (AvgIpc) is 3.21. The van der Waals surface area contributed by atoms with Gasteiger partial charge in [0, 0.05) is 6.04 Å². The molecule has 1 aliphatic carbocycles. The summed E-state index contributed by atoms with van der Waals surface area (Å²) in [5.74, 6) is 0.521. The van der Waals surface area contributed by atoms with Gasteiger partial charge in [-0.25, -0.2) is 9.07 Å². The number of nitrogens with one attached hydrogen (secondary N) is 1. The van der Waals surface area contributed by atoms with Crippen molar-refractivity contribution in [1.82, 2.24) is 15.1 Å². The minimum atomic E-state index is -0.288. The largest absolute Gasteiger partial charge is 0.349 e. The molecule has 0 aliphatic heterocycles. The van der Waals surface area contributed by atoms with Gasteiger partial charge in [-0.2, -0.15) is 5.10 Å². The summed E-state index contributed by atoms with van der Waals surface area (Å²) in [7, 11) is 0. The fraction of sp³-hybridized carbons (Fsp3) is 0.474. The van der Waals surface area contributed by atoms with Crippen molar-refractivity contribution in [2.24, 2.45) is 5.92 Å². The quantitative estimate of drug-likeness (QED) is 0.869. The first kappa shape index (κ1) is 16.7. The van der Waals surface area contributed by atoms with E-state index in [-0.39, 0.29) is 23.7 Å². The molecule has 1 aromatic carbocycles. The maximum Gasteiger partial charge on any atom is 0.254 e. The summed E-state index contributed by atoms with van der Waals surface area (Å²) < 4.78 is 14.9. The van der Waals surface area contributed by atoms with E-state index in [2.05, 4.69) is 17.3 Å². The van der Waals surface area contributed by atoms with Crippen LogP contribution in [0.4, 0.5) is 4.39 Å². The molecule has 0 spiro atoms. The Labute approximate surface area is 142 Å². The highest BCUT2D eigenvalue weighted by Gasteiger charge is 2.26.